The van der Waals surface area contributed by atoms with Crippen molar-refractivity contribution in [3.8, 4) is 16.9 Å². The summed E-state index contributed by atoms with van der Waals surface area (Å²) in [5, 5.41) is 8.71. The summed E-state index contributed by atoms with van der Waals surface area (Å²) in [6.45, 7) is 0. The number of hydrogen-bond donors (Lipinski definition) is 1. The van der Waals surface area contributed by atoms with Crippen LogP contribution in [0.3, 0.4) is 0 Å². The molecule has 94 valence electrons. The number of hydrogen-bond acceptors (Lipinski definition) is 4. The Hall–Kier alpha value is -2.40. The first kappa shape index (κ1) is 11.7. The van der Waals surface area contributed by atoms with Crippen LogP contribution in [0.5, 0.6) is 0 Å². The number of nitrogen functional groups attached to an aromatic ring is 1. The van der Waals surface area contributed by atoms with Gasteiger partial charge in [-0.15, -0.1) is 5.10 Å². The highest BCUT2D eigenvalue weighted by Crippen LogP contribution is 2.23. The quantitative estimate of drug-likeness (QED) is 0.727. The van der Waals surface area contributed by atoms with Crippen LogP contribution in [-0.2, 0) is 0 Å². The zero-order valence-electron chi connectivity index (χ0n) is 9.86. The molecular formula is C13H10ClN5. The first-order valence-corrected chi connectivity index (χ1v) is 6.00. The van der Waals surface area contributed by atoms with E-state index in [2.05, 4.69) is 15.3 Å². The molecule has 3 rings (SSSR count). The van der Waals surface area contributed by atoms with Gasteiger partial charge in [0.25, 0.3) is 0 Å². The van der Waals surface area contributed by atoms with Gasteiger partial charge >= 0.3 is 0 Å². The average molecular weight is 272 g/mol. The number of nitrogens with zero attached hydrogens (tertiary/aromatic N) is 4. The molecule has 0 fully saturated rings. The van der Waals surface area contributed by atoms with Crippen molar-refractivity contribution in [3.05, 3.63) is 53.9 Å². The average Bonchev–Trinajstić information content (AvgIpc) is 2.89. The van der Waals surface area contributed by atoms with Crippen molar-refractivity contribution in [1.82, 2.24) is 20.0 Å². The molecule has 0 saturated carbocycles. The van der Waals surface area contributed by atoms with Crippen LogP contribution < -0.4 is 5.73 Å². The first-order chi connectivity index (χ1) is 9.24. The van der Waals surface area contributed by atoms with Crippen molar-refractivity contribution in [1.29, 1.82) is 0 Å². The Morgan fingerprint density at radius 2 is 2.11 bits per heavy atom. The molecular weight excluding hydrogens is 262 g/mol. The minimum absolute atomic E-state index is 0.530. The van der Waals surface area contributed by atoms with E-state index in [1.54, 1.807) is 41.5 Å². The van der Waals surface area contributed by atoms with Gasteiger partial charge in [-0.05, 0) is 30.3 Å². The molecule has 0 aliphatic carbocycles. The van der Waals surface area contributed by atoms with Crippen LogP contribution in [-0.4, -0.2) is 20.0 Å². The lowest BCUT2D eigenvalue weighted by Crippen LogP contribution is -1.96. The molecule has 1 aromatic carbocycles. The SMILES string of the molecule is Nc1ccc(-n2cc(-c3cccnc3)nn2)c(Cl)c1. The monoisotopic (exact) mass is 271 g/mol. The first-order valence-electron chi connectivity index (χ1n) is 5.62. The van der Waals surface area contributed by atoms with Crippen molar-refractivity contribution in [2.75, 3.05) is 5.73 Å². The molecule has 19 heavy (non-hydrogen) atoms. The highest BCUT2D eigenvalue weighted by atomic mass is 35.5. The highest BCUT2D eigenvalue weighted by molar-refractivity contribution is 6.32. The molecule has 0 unspecified atom stereocenters. The Bertz CT molecular complexity index is 708. The fraction of sp³-hybridized carbons (Fsp3) is 0. The fourth-order valence-electron chi connectivity index (χ4n) is 1.74. The third-order valence-corrected chi connectivity index (χ3v) is 2.97. The predicted octanol–water partition coefficient (Wildman–Crippen LogP) is 2.56. The summed E-state index contributed by atoms with van der Waals surface area (Å²) in [4.78, 5) is 4.05. The normalized spacial score (nSPS) is 10.6. The van der Waals surface area contributed by atoms with E-state index in [0.29, 0.717) is 10.7 Å². The van der Waals surface area contributed by atoms with Gasteiger partial charge in [-0.2, -0.15) is 0 Å². The number of benzene rings is 1. The Labute approximate surface area is 114 Å². The maximum atomic E-state index is 6.14. The number of nitrogens with two attached hydrogens (primary N) is 1. The number of rotatable bonds is 2. The molecule has 6 heteroatoms. The van der Waals surface area contributed by atoms with Crippen LogP contribution in [0.1, 0.15) is 0 Å². The van der Waals surface area contributed by atoms with Crippen molar-refractivity contribution >= 4 is 17.3 Å². The van der Waals surface area contributed by atoms with Crippen LogP contribution in [0.2, 0.25) is 5.02 Å². The van der Waals surface area contributed by atoms with Gasteiger partial charge in [0.15, 0.2) is 0 Å². The molecule has 0 aliphatic rings. The molecule has 0 aliphatic heterocycles. The Morgan fingerprint density at radius 3 is 2.84 bits per heavy atom. The van der Waals surface area contributed by atoms with Gasteiger partial charge in [-0.3, -0.25) is 4.98 Å². The van der Waals surface area contributed by atoms with Crippen LogP contribution in [0.15, 0.2) is 48.9 Å². The standard InChI is InChI=1S/C13H10ClN5/c14-11-6-10(15)3-4-13(11)19-8-12(17-18-19)9-2-1-5-16-7-9/h1-8H,15H2. The molecule has 5 nitrogen and oxygen atoms in total. The molecule has 2 heterocycles. The predicted molar refractivity (Wildman–Crippen MR) is 74.0 cm³/mol. The Morgan fingerprint density at radius 1 is 1.21 bits per heavy atom. The van der Waals surface area contributed by atoms with E-state index < -0.39 is 0 Å². The molecule has 0 atom stereocenters. The fourth-order valence-corrected chi connectivity index (χ4v) is 2.01. The third-order valence-electron chi connectivity index (χ3n) is 2.67. The number of halogens is 1. The van der Waals surface area contributed by atoms with Crippen molar-refractivity contribution < 1.29 is 0 Å². The summed E-state index contributed by atoms with van der Waals surface area (Å²) in [5.74, 6) is 0. The second kappa shape index (κ2) is 4.70. The van der Waals surface area contributed by atoms with Crippen LogP contribution in [0.25, 0.3) is 16.9 Å². The van der Waals surface area contributed by atoms with Crippen LogP contribution in [0, 0.1) is 0 Å². The third kappa shape index (κ3) is 2.28. The molecule has 0 bridgehead atoms. The van der Waals surface area contributed by atoms with Crippen LogP contribution in [0.4, 0.5) is 5.69 Å². The van der Waals surface area contributed by atoms with Gasteiger partial charge in [0, 0.05) is 23.6 Å². The van der Waals surface area contributed by atoms with E-state index in [4.69, 9.17) is 17.3 Å². The molecule has 0 saturated heterocycles. The topological polar surface area (TPSA) is 69.6 Å². The van der Waals surface area contributed by atoms with E-state index in [1.807, 2.05) is 12.1 Å². The largest absolute Gasteiger partial charge is 0.399 e. The molecule has 0 amide bonds. The smallest absolute Gasteiger partial charge is 0.115 e. The summed E-state index contributed by atoms with van der Waals surface area (Å²) in [6, 6.07) is 9.03. The minimum atomic E-state index is 0.530. The van der Waals surface area contributed by atoms with E-state index in [-0.39, 0.29) is 0 Å². The van der Waals surface area contributed by atoms with Crippen molar-refractivity contribution in [2.24, 2.45) is 0 Å². The maximum Gasteiger partial charge on any atom is 0.115 e. The second-order valence-corrected chi connectivity index (χ2v) is 4.41. The summed E-state index contributed by atoms with van der Waals surface area (Å²) in [6.07, 6.45) is 5.25. The van der Waals surface area contributed by atoms with Crippen LogP contribution >= 0.6 is 11.6 Å². The second-order valence-electron chi connectivity index (χ2n) is 4.00. The molecule has 0 spiro atoms. The van der Waals surface area contributed by atoms with Gasteiger partial charge in [0.05, 0.1) is 16.9 Å². The van der Waals surface area contributed by atoms with Crippen molar-refractivity contribution in [3.63, 3.8) is 0 Å². The Balaban J connectivity index is 2.02. The summed E-state index contributed by atoms with van der Waals surface area (Å²) >= 11 is 6.14. The van der Waals surface area contributed by atoms with E-state index in [9.17, 15) is 0 Å². The molecule has 0 radical (unpaired) electrons. The van der Waals surface area contributed by atoms with Gasteiger partial charge in [0.1, 0.15) is 5.69 Å². The highest BCUT2D eigenvalue weighted by Gasteiger charge is 2.08. The van der Waals surface area contributed by atoms with Gasteiger partial charge in [0.2, 0.25) is 0 Å². The van der Waals surface area contributed by atoms with E-state index in [1.165, 1.54) is 0 Å². The lowest BCUT2D eigenvalue weighted by molar-refractivity contribution is 0.804. The summed E-state index contributed by atoms with van der Waals surface area (Å²) in [7, 11) is 0. The molecule has 2 aromatic heterocycles. The lowest BCUT2D eigenvalue weighted by Gasteiger charge is -2.03. The number of anilines is 1. The van der Waals surface area contributed by atoms with Crippen molar-refractivity contribution in [2.45, 2.75) is 0 Å². The molecule has 2 N–H and O–H groups in total. The Kier molecular flexibility index (Phi) is 2.89. The minimum Gasteiger partial charge on any atom is -0.399 e. The summed E-state index contributed by atoms with van der Waals surface area (Å²) in [5.41, 5.74) is 8.65. The van der Waals surface area contributed by atoms with Gasteiger partial charge in [-0.1, -0.05) is 16.8 Å². The number of pyridine rings is 1. The van der Waals surface area contributed by atoms with E-state index >= 15 is 0 Å². The lowest BCUT2D eigenvalue weighted by atomic mass is 10.2. The van der Waals surface area contributed by atoms with E-state index in [0.717, 1.165) is 16.9 Å². The zero-order valence-corrected chi connectivity index (χ0v) is 10.6. The maximum absolute atomic E-state index is 6.14. The zero-order chi connectivity index (χ0) is 13.2. The summed E-state index contributed by atoms with van der Waals surface area (Å²) < 4.78 is 1.62. The van der Waals surface area contributed by atoms with Gasteiger partial charge in [-0.25, -0.2) is 4.68 Å². The molecule has 3 aromatic rings. The van der Waals surface area contributed by atoms with Gasteiger partial charge < -0.3 is 5.73 Å². The number of aromatic nitrogens is 4.